The van der Waals surface area contributed by atoms with E-state index in [1.54, 1.807) is 0 Å². The van der Waals surface area contributed by atoms with Gasteiger partial charge in [0.2, 0.25) is 0 Å². The molecule has 2 aliphatic rings. The van der Waals surface area contributed by atoms with Crippen LogP contribution in [0.4, 0.5) is 13.2 Å². The molecule has 1 aromatic heterocycles. The van der Waals surface area contributed by atoms with Crippen molar-refractivity contribution in [3.63, 3.8) is 0 Å². The van der Waals surface area contributed by atoms with E-state index >= 15 is 0 Å². The molecule has 1 N–H and O–H groups in total. The van der Waals surface area contributed by atoms with E-state index in [1.165, 1.54) is 12.3 Å². The molecule has 3 rings (SSSR count). The standard InChI is InChI=1S/C15H18F3NO3/c16-15(17,18)12-2-5-19(9-14(12)3-1-4-14)7-11-6-10(8-22-11)13(20)21/h6,8,12H,1-5,7,9H2,(H,20,21). The largest absolute Gasteiger partial charge is 0.478 e. The minimum atomic E-state index is -4.13. The number of alkyl halides is 3. The quantitative estimate of drug-likeness (QED) is 0.926. The number of aromatic carboxylic acids is 1. The first-order valence-corrected chi connectivity index (χ1v) is 7.40. The van der Waals surface area contributed by atoms with Crippen molar-refractivity contribution in [3.8, 4) is 0 Å². The van der Waals surface area contributed by atoms with Gasteiger partial charge in [-0.1, -0.05) is 6.42 Å². The predicted octanol–water partition coefficient (Wildman–Crippen LogP) is 3.53. The summed E-state index contributed by atoms with van der Waals surface area (Å²) in [6.07, 6.45) is -0.772. The Kier molecular flexibility index (Phi) is 3.71. The van der Waals surface area contributed by atoms with Crippen molar-refractivity contribution in [2.24, 2.45) is 11.3 Å². The van der Waals surface area contributed by atoms with E-state index in [-0.39, 0.29) is 12.0 Å². The predicted molar refractivity (Wildman–Crippen MR) is 71.4 cm³/mol. The fourth-order valence-corrected chi connectivity index (χ4v) is 3.83. The second kappa shape index (κ2) is 5.30. The van der Waals surface area contributed by atoms with Gasteiger partial charge in [-0.25, -0.2) is 4.79 Å². The van der Waals surface area contributed by atoms with Crippen molar-refractivity contribution in [2.45, 2.75) is 38.4 Å². The molecule has 0 bridgehead atoms. The summed E-state index contributed by atoms with van der Waals surface area (Å²) in [5.41, 5.74) is -0.586. The summed E-state index contributed by atoms with van der Waals surface area (Å²) >= 11 is 0. The van der Waals surface area contributed by atoms with Crippen LogP contribution in [0.2, 0.25) is 0 Å². The van der Waals surface area contributed by atoms with Gasteiger partial charge in [-0.05, 0) is 37.3 Å². The van der Waals surface area contributed by atoms with E-state index in [0.29, 0.717) is 38.2 Å². The Hall–Kier alpha value is -1.50. The summed E-state index contributed by atoms with van der Waals surface area (Å²) in [5, 5.41) is 8.86. The molecule has 2 fully saturated rings. The number of hydrogen-bond acceptors (Lipinski definition) is 3. The molecule has 1 spiro atoms. The fraction of sp³-hybridized carbons (Fsp3) is 0.667. The van der Waals surface area contributed by atoms with Crippen LogP contribution in [0.5, 0.6) is 0 Å². The van der Waals surface area contributed by atoms with Gasteiger partial charge in [0.05, 0.1) is 18.0 Å². The van der Waals surface area contributed by atoms with Crippen LogP contribution in [0.15, 0.2) is 16.7 Å². The van der Waals surface area contributed by atoms with Crippen LogP contribution in [0, 0.1) is 11.3 Å². The lowest BCUT2D eigenvalue weighted by Crippen LogP contribution is -2.56. The molecule has 0 aromatic carbocycles. The van der Waals surface area contributed by atoms with E-state index in [1.807, 2.05) is 4.90 Å². The zero-order valence-electron chi connectivity index (χ0n) is 12.0. The first kappa shape index (κ1) is 15.4. The summed E-state index contributed by atoms with van der Waals surface area (Å²) in [4.78, 5) is 12.8. The molecule has 22 heavy (non-hydrogen) atoms. The number of carbonyl (C=O) groups is 1. The van der Waals surface area contributed by atoms with E-state index < -0.39 is 23.5 Å². The van der Waals surface area contributed by atoms with Gasteiger partial charge < -0.3 is 9.52 Å². The number of likely N-dealkylation sites (tertiary alicyclic amines) is 1. The highest BCUT2D eigenvalue weighted by molar-refractivity contribution is 5.87. The number of hydrogen-bond donors (Lipinski definition) is 1. The smallest absolute Gasteiger partial charge is 0.392 e. The summed E-state index contributed by atoms with van der Waals surface area (Å²) in [6, 6.07) is 1.44. The molecule has 4 nitrogen and oxygen atoms in total. The Balaban J connectivity index is 1.68. The highest BCUT2D eigenvalue weighted by Gasteiger charge is 2.57. The van der Waals surface area contributed by atoms with Crippen molar-refractivity contribution >= 4 is 5.97 Å². The maximum absolute atomic E-state index is 13.2. The van der Waals surface area contributed by atoms with Crippen molar-refractivity contribution in [1.82, 2.24) is 4.90 Å². The van der Waals surface area contributed by atoms with Crippen LogP contribution in [0.3, 0.4) is 0 Å². The average molecular weight is 317 g/mol. The zero-order chi connectivity index (χ0) is 16.0. The van der Waals surface area contributed by atoms with Crippen LogP contribution < -0.4 is 0 Å². The third-order valence-corrected chi connectivity index (χ3v) is 5.04. The molecule has 1 atom stereocenters. The molecule has 1 aliphatic heterocycles. The molecule has 1 unspecified atom stereocenters. The molecule has 1 aromatic rings. The van der Waals surface area contributed by atoms with Crippen LogP contribution in [-0.2, 0) is 6.54 Å². The van der Waals surface area contributed by atoms with Crippen LogP contribution in [-0.4, -0.2) is 35.2 Å². The van der Waals surface area contributed by atoms with Gasteiger partial charge in [0.1, 0.15) is 12.0 Å². The number of furan rings is 1. The normalized spacial score (nSPS) is 25.1. The first-order chi connectivity index (χ1) is 10.3. The first-order valence-electron chi connectivity index (χ1n) is 7.40. The SMILES string of the molecule is O=C(O)c1coc(CN2CCC(C(F)(F)F)C3(CCC3)C2)c1. The molecule has 122 valence electrons. The minimum absolute atomic E-state index is 0.0681. The lowest BCUT2D eigenvalue weighted by Gasteiger charge is -2.54. The number of nitrogens with zero attached hydrogens (tertiary/aromatic N) is 1. The van der Waals surface area contributed by atoms with Gasteiger partial charge in [-0.3, -0.25) is 4.90 Å². The van der Waals surface area contributed by atoms with Crippen LogP contribution in [0.25, 0.3) is 0 Å². The number of carboxylic acid groups (broad SMARTS) is 1. The number of carboxylic acids is 1. The van der Waals surface area contributed by atoms with Crippen molar-refractivity contribution < 1.29 is 27.5 Å². The fourth-order valence-electron chi connectivity index (χ4n) is 3.83. The van der Waals surface area contributed by atoms with Gasteiger partial charge in [0, 0.05) is 6.54 Å². The van der Waals surface area contributed by atoms with E-state index in [0.717, 1.165) is 6.42 Å². The third kappa shape index (κ3) is 2.74. The highest BCUT2D eigenvalue weighted by atomic mass is 19.4. The topological polar surface area (TPSA) is 53.7 Å². The molecule has 0 amide bonds. The number of rotatable bonds is 3. The Bertz CT molecular complexity index is 563. The Morgan fingerprint density at radius 1 is 1.45 bits per heavy atom. The van der Waals surface area contributed by atoms with E-state index in [4.69, 9.17) is 9.52 Å². The molecule has 1 saturated heterocycles. The second-order valence-corrected chi connectivity index (χ2v) is 6.42. The lowest BCUT2D eigenvalue weighted by atomic mass is 9.58. The zero-order valence-corrected chi connectivity index (χ0v) is 12.0. The number of halogens is 3. The number of piperidine rings is 1. The van der Waals surface area contributed by atoms with Crippen molar-refractivity contribution in [1.29, 1.82) is 0 Å². The average Bonchev–Trinajstić information content (AvgIpc) is 2.84. The monoisotopic (exact) mass is 317 g/mol. The molecule has 1 saturated carbocycles. The summed E-state index contributed by atoms with van der Waals surface area (Å²) in [7, 11) is 0. The third-order valence-electron chi connectivity index (χ3n) is 5.04. The van der Waals surface area contributed by atoms with E-state index in [9.17, 15) is 18.0 Å². The van der Waals surface area contributed by atoms with Gasteiger partial charge in [-0.2, -0.15) is 13.2 Å². The Morgan fingerprint density at radius 2 is 2.18 bits per heavy atom. The molecule has 7 heteroatoms. The molecule has 2 heterocycles. The summed E-state index contributed by atoms with van der Waals surface area (Å²) in [5.74, 6) is -1.80. The van der Waals surface area contributed by atoms with Gasteiger partial charge in [0.15, 0.2) is 0 Å². The maximum atomic E-state index is 13.2. The van der Waals surface area contributed by atoms with Crippen molar-refractivity contribution in [3.05, 3.63) is 23.7 Å². The van der Waals surface area contributed by atoms with Gasteiger partial charge >= 0.3 is 12.1 Å². The molecule has 0 radical (unpaired) electrons. The van der Waals surface area contributed by atoms with Crippen molar-refractivity contribution in [2.75, 3.05) is 13.1 Å². The maximum Gasteiger partial charge on any atom is 0.392 e. The van der Waals surface area contributed by atoms with E-state index in [2.05, 4.69) is 0 Å². The summed E-state index contributed by atoms with van der Waals surface area (Å²) < 4.78 is 44.8. The highest BCUT2D eigenvalue weighted by Crippen LogP contribution is 2.56. The molecular formula is C15H18F3NO3. The second-order valence-electron chi connectivity index (χ2n) is 6.42. The lowest BCUT2D eigenvalue weighted by molar-refractivity contribution is -0.238. The minimum Gasteiger partial charge on any atom is -0.478 e. The van der Waals surface area contributed by atoms with Crippen LogP contribution >= 0.6 is 0 Å². The molecule has 1 aliphatic carbocycles. The molecular weight excluding hydrogens is 299 g/mol. The van der Waals surface area contributed by atoms with Gasteiger partial charge in [-0.15, -0.1) is 0 Å². The van der Waals surface area contributed by atoms with Gasteiger partial charge in [0.25, 0.3) is 0 Å². The summed E-state index contributed by atoms with van der Waals surface area (Å²) in [6.45, 7) is 1.12. The Labute approximate surface area is 125 Å². The Morgan fingerprint density at radius 3 is 2.68 bits per heavy atom. The van der Waals surface area contributed by atoms with Crippen LogP contribution in [0.1, 0.15) is 41.8 Å².